The van der Waals surface area contributed by atoms with Gasteiger partial charge in [0.1, 0.15) is 5.75 Å². The Hall–Kier alpha value is -2.62. The van der Waals surface area contributed by atoms with Crippen molar-refractivity contribution in [3.8, 4) is 22.9 Å². The van der Waals surface area contributed by atoms with Crippen LogP contribution < -0.4 is 4.74 Å². The van der Waals surface area contributed by atoms with Crippen molar-refractivity contribution in [1.29, 1.82) is 0 Å². The first-order chi connectivity index (χ1) is 8.93. The van der Waals surface area contributed by atoms with E-state index in [4.69, 9.17) is 4.74 Å². The predicted octanol–water partition coefficient (Wildman–Crippen LogP) is 3.26. The molecule has 0 bridgehead atoms. The summed E-state index contributed by atoms with van der Waals surface area (Å²) in [6, 6.07) is 19.3. The van der Waals surface area contributed by atoms with Gasteiger partial charge in [0.15, 0.2) is 5.69 Å². The molecule has 0 fully saturated rings. The zero-order valence-corrected chi connectivity index (χ0v) is 9.58. The first-order valence-electron chi connectivity index (χ1n) is 5.62. The normalized spacial score (nSPS) is 10.2. The van der Waals surface area contributed by atoms with E-state index in [0.29, 0.717) is 11.6 Å². The summed E-state index contributed by atoms with van der Waals surface area (Å²) in [6.45, 7) is 0. The second-order valence-electron chi connectivity index (χ2n) is 3.76. The number of benzene rings is 2. The first kappa shape index (κ1) is 10.5. The summed E-state index contributed by atoms with van der Waals surface area (Å²) in [6.07, 6.45) is 0. The van der Waals surface area contributed by atoms with E-state index in [0.717, 1.165) is 11.3 Å². The summed E-state index contributed by atoms with van der Waals surface area (Å²) in [4.78, 5) is 0. The van der Waals surface area contributed by atoms with Crippen molar-refractivity contribution < 1.29 is 4.74 Å². The van der Waals surface area contributed by atoms with Crippen LogP contribution in [-0.2, 0) is 0 Å². The van der Waals surface area contributed by atoms with Crippen molar-refractivity contribution in [3.05, 3.63) is 60.7 Å². The zero-order valence-electron chi connectivity index (χ0n) is 9.58. The maximum atomic E-state index is 5.70. The van der Waals surface area contributed by atoms with Crippen molar-refractivity contribution in [1.82, 2.24) is 15.4 Å². The summed E-state index contributed by atoms with van der Waals surface area (Å²) >= 11 is 0. The number of aromatic nitrogens is 3. The Morgan fingerprint density at radius 3 is 2.17 bits per heavy atom. The van der Waals surface area contributed by atoms with Crippen molar-refractivity contribution in [3.63, 3.8) is 0 Å². The number of rotatable bonds is 3. The maximum absolute atomic E-state index is 5.70. The Bertz CT molecular complexity index is 620. The molecule has 0 aliphatic heterocycles. The number of H-pyrrole nitrogens is 1. The van der Waals surface area contributed by atoms with E-state index in [1.54, 1.807) is 0 Å². The number of nitrogens with one attached hydrogen (secondary N) is 1. The van der Waals surface area contributed by atoms with Crippen LogP contribution >= 0.6 is 0 Å². The van der Waals surface area contributed by atoms with Crippen molar-refractivity contribution in [2.75, 3.05) is 0 Å². The fourth-order valence-electron chi connectivity index (χ4n) is 1.68. The van der Waals surface area contributed by atoms with Gasteiger partial charge in [-0.15, -0.1) is 5.10 Å². The van der Waals surface area contributed by atoms with Crippen LogP contribution in [0.25, 0.3) is 11.3 Å². The molecule has 0 unspecified atom stereocenters. The predicted molar refractivity (Wildman–Crippen MR) is 68.3 cm³/mol. The zero-order chi connectivity index (χ0) is 12.2. The third kappa shape index (κ3) is 2.08. The molecular weight excluding hydrogens is 226 g/mol. The Balaban J connectivity index is 1.93. The fraction of sp³-hybridized carbons (Fsp3) is 0. The molecule has 0 aliphatic carbocycles. The summed E-state index contributed by atoms with van der Waals surface area (Å²) in [5.74, 6) is 1.22. The molecule has 0 aliphatic rings. The molecule has 0 spiro atoms. The third-order valence-electron chi connectivity index (χ3n) is 2.52. The Labute approximate surface area is 104 Å². The number of aromatic amines is 1. The molecule has 0 atom stereocenters. The van der Waals surface area contributed by atoms with Gasteiger partial charge in [0.05, 0.1) is 0 Å². The number of nitrogens with zero attached hydrogens (tertiary/aromatic N) is 2. The van der Waals surface area contributed by atoms with Gasteiger partial charge >= 0.3 is 0 Å². The second-order valence-corrected chi connectivity index (χ2v) is 3.76. The van der Waals surface area contributed by atoms with Crippen molar-refractivity contribution in [2.45, 2.75) is 0 Å². The highest BCUT2D eigenvalue weighted by Crippen LogP contribution is 2.28. The summed E-state index contributed by atoms with van der Waals surface area (Å²) in [5, 5.41) is 10.7. The maximum Gasteiger partial charge on any atom is 0.266 e. The van der Waals surface area contributed by atoms with Crippen LogP contribution in [0.5, 0.6) is 11.6 Å². The molecule has 1 heterocycles. The summed E-state index contributed by atoms with van der Waals surface area (Å²) < 4.78 is 5.70. The minimum absolute atomic E-state index is 0.479. The highest BCUT2D eigenvalue weighted by molar-refractivity contribution is 5.63. The van der Waals surface area contributed by atoms with Gasteiger partial charge in [-0.2, -0.15) is 10.3 Å². The standard InChI is InChI=1S/C14H11N3O/c1-3-7-11(8-4-1)13-14(16-17-15-13)18-12-9-5-2-6-10-12/h1-10H,(H,15,16,17). The van der Waals surface area contributed by atoms with Gasteiger partial charge in [-0.3, -0.25) is 0 Å². The van der Waals surface area contributed by atoms with Gasteiger partial charge in [0.25, 0.3) is 5.88 Å². The summed E-state index contributed by atoms with van der Waals surface area (Å²) in [7, 11) is 0. The average molecular weight is 237 g/mol. The largest absolute Gasteiger partial charge is 0.436 e. The number of ether oxygens (including phenoxy) is 1. The van der Waals surface area contributed by atoms with Crippen LogP contribution in [0.2, 0.25) is 0 Å². The van der Waals surface area contributed by atoms with Crippen LogP contribution in [0.4, 0.5) is 0 Å². The van der Waals surface area contributed by atoms with Gasteiger partial charge in [-0.25, -0.2) is 0 Å². The number of para-hydroxylation sites is 1. The van der Waals surface area contributed by atoms with Crippen LogP contribution in [0, 0.1) is 0 Å². The average Bonchev–Trinajstić information content (AvgIpc) is 2.89. The Morgan fingerprint density at radius 1 is 0.778 bits per heavy atom. The quantitative estimate of drug-likeness (QED) is 0.760. The van der Waals surface area contributed by atoms with Gasteiger partial charge in [0.2, 0.25) is 0 Å². The van der Waals surface area contributed by atoms with Crippen LogP contribution in [-0.4, -0.2) is 15.4 Å². The third-order valence-corrected chi connectivity index (χ3v) is 2.52. The number of hydrogen-bond acceptors (Lipinski definition) is 3. The molecule has 4 nitrogen and oxygen atoms in total. The van der Waals surface area contributed by atoms with Crippen molar-refractivity contribution in [2.24, 2.45) is 0 Å². The van der Waals surface area contributed by atoms with Gasteiger partial charge in [0, 0.05) is 5.56 Å². The molecule has 3 rings (SSSR count). The van der Waals surface area contributed by atoms with Crippen LogP contribution in [0.15, 0.2) is 60.7 Å². The van der Waals surface area contributed by atoms with Gasteiger partial charge < -0.3 is 4.74 Å². The topological polar surface area (TPSA) is 50.8 Å². The molecule has 4 heteroatoms. The molecule has 0 saturated carbocycles. The molecule has 3 aromatic rings. The lowest BCUT2D eigenvalue weighted by Crippen LogP contribution is -1.87. The van der Waals surface area contributed by atoms with Gasteiger partial charge in [-0.1, -0.05) is 48.5 Å². The van der Waals surface area contributed by atoms with Gasteiger partial charge in [-0.05, 0) is 12.1 Å². The van der Waals surface area contributed by atoms with E-state index < -0.39 is 0 Å². The van der Waals surface area contributed by atoms with Crippen molar-refractivity contribution >= 4 is 0 Å². The SMILES string of the molecule is c1ccc(Oc2n[nH]nc2-c2ccccc2)cc1. The molecule has 2 aromatic carbocycles. The lowest BCUT2D eigenvalue weighted by Gasteiger charge is -2.03. The second kappa shape index (κ2) is 4.71. The molecule has 0 amide bonds. The van der Waals surface area contributed by atoms with Crippen LogP contribution in [0.3, 0.4) is 0 Å². The monoisotopic (exact) mass is 237 g/mol. The minimum atomic E-state index is 0.479. The summed E-state index contributed by atoms with van der Waals surface area (Å²) in [5.41, 5.74) is 1.68. The number of hydrogen-bond donors (Lipinski definition) is 1. The van der Waals surface area contributed by atoms with E-state index in [9.17, 15) is 0 Å². The molecule has 0 saturated heterocycles. The molecule has 1 N–H and O–H groups in total. The minimum Gasteiger partial charge on any atom is -0.436 e. The van der Waals surface area contributed by atoms with E-state index in [1.807, 2.05) is 60.7 Å². The molecule has 1 aromatic heterocycles. The molecule has 18 heavy (non-hydrogen) atoms. The fourth-order valence-corrected chi connectivity index (χ4v) is 1.68. The Kier molecular flexibility index (Phi) is 2.75. The highest BCUT2D eigenvalue weighted by atomic mass is 16.5. The lowest BCUT2D eigenvalue weighted by atomic mass is 10.2. The first-order valence-corrected chi connectivity index (χ1v) is 5.62. The van der Waals surface area contributed by atoms with E-state index in [2.05, 4.69) is 15.4 Å². The molecule has 88 valence electrons. The smallest absolute Gasteiger partial charge is 0.266 e. The highest BCUT2D eigenvalue weighted by Gasteiger charge is 2.11. The van der Waals surface area contributed by atoms with Crippen LogP contribution in [0.1, 0.15) is 0 Å². The van der Waals surface area contributed by atoms with E-state index in [1.165, 1.54) is 0 Å². The van der Waals surface area contributed by atoms with E-state index >= 15 is 0 Å². The molecular formula is C14H11N3O. The Morgan fingerprint density at radius 2 is 1.44 bits per heavy atom. The molecule has 0 radical (unpaired) electrons. The van der Waals surface area contributed by atoms with E-state index in [-0.39, 0.29) is 0 Å². The lowest BCUT2D eigenvalue weighted by molar-refractivity contribution is 0.463.